The Balaban J connectivity index is 1.56. The summed E-state index contributed by atoms with van der Waals surface area (Å²) in [5, 5.41) is 3.87. The summed E-state index contributed by atoms with van der Waals surface area (Å²) >= 11 is 12.4. The number of carbonyl (C=O) groups excluding carboxylic acids is 3. The fourth-order valence-corrected chi connectivity index (χ4v) is 6.39. The Morgan fingerprint density at radius 1 is 1.00 bits per heavy atom. The van der Waals surface area contributed by atoms with Crippen LogP contribution in [0.4, 0.5) is 11.4 Å². The molecule has 0 unspecified atom stereocenters. The first-order chi connectivity index (χ1) is 14.5. The molecule has 4 aliphatic heterocycles. The molecule has 0 radical (unpaired) electrons. The van der Waals surface area contributed by atoms with Gasteiger partial charge < -0.3 is 5.32 Å². The van der Waals surface area contributed by atoms with E-state index in [1.54, 1.807) is 36.4 Å². The molecule has 2 aromatic rings. The van der Waals surface area contributed by atoms with Gasteiger partial charge in [0.05, 0.1) is 28.2 Å². The van der Waals surface area contributed by atoms with Crippen LogP contribution in [0.15, 0.2) is 42.5 Å². The predicted octanol–water partition coefficient (Wildman–Crippen LogP) is 3.42. The lowest BCUT2D eigenvalue weighted by Crippen LogP contribution is -2.54. The third-order valence-corrected chi connectivity index (χ3v) is 7.63. The van der Waals surface area contributed by atoms with Gasteiger partial charge in [-0.05, 0) is 49.7 Å². The summed E-state index contributed by atoms with van der Waals surface area (Å²) in [6.07, 6.45) is 1.65. The second-order valence-electron chi connectivity index (χ2n) is 8.28. The number of hydrogen-bond acceptors (Lipinski definition) is 4. The number of nitrogens with one attached hydrogen (secondary N) is 1. The van der Waals surface area contributed by atoms with E-state index < -0.39 is 17.4 Å². The number of hydrogen-bond donors (Lipinski definition) is 1. The van der Waals surface area contributed by atoms with E-state index in [1.165, 1.54) is 4.90 Å². The van der Waals surface area contributed by atoms with Crippen molar-refractivity contribution in [2.75, 3.05) is 16.8 Å². The van der Waals surface area contributed by atoms with Crippen molar-refractivity contribution in [2.45, 2.75) is 24.4 Å². The zero-order valence-electron chi connectivity index (χ0n) is 15.8. The van der Waals surface area contributed by atoms with Crippen molar-refractivity contribution in [3.63, 3.8) is 0 Å². The number of halogens is 2. The van der Waals surface area contributed by atoms with Crippen LogP contribution in [0.25, 0.3) is 0 Å². The molecule has 3 fully saturated rings. The van der Waals surface area contributed by atoms with Crippen molar-refractivity contribution < 1.29 is 14.4 Å². The molecular weight excluding hydrogens is 425 g/mol. The molecule has 6 rings (SSSR count). The van der Waals surface area contributed by atoms with Crippen LogP contribution in [0.5, 0.6) is 0 Å². The van der Waals surface area contributed by atoms with E-state index in [4.69, 9.17) is 23.2 Å². The van der Waals surface area contributed by atoms with Gasteiger partial charge in [0.2, 0.25) is 11.8 Å². The smallest absolute Gasteiger partial charge is 0.250 e. The molecule has 3 amide bonds. The summed E-state index contributed by atoms with van der Waals surface area (Å²) in [7, 11) is 0. The van der Waals surface area contributed by atoms with Gasteiger partial charge in [-0.3, -0.25) is 19.3 Å². The Morgan fingerprint density at radius 2 is 1.77 bits per heavy atom. The molecule has 4 atom stereocenters. The zero-order chi connectivity index (χ0) is 20.8. The maximum Gasteiger partial charge on any atom is 0.250 e. The number of carbonyl (C=O) groups is 3. The SMILES string of the molecule is O=C1[C@@H]2[C@H]3CCCN3[C@@]3(C(=O)Nc4c(Cl)cccc43)[C@H]2C(=O)N1c1ccc(Cl)cc1. The largest absolute Gasteiger partial charge is 0.323 e. The van der Waals surface area contributed by atoms with Crippen LogP contribution in [0.3, 0.4) is 0 Å². The molecule has 0 saturated carbocycles. The van der Waals surface area contributed by atoms with Crippen LogP contribution in [0, 0.1) is 11.8 Å². The van der Waals surface area contributed by atoms with Gasteiger partial charge in [0.25, 0.3) is 5.91 Å². The molecule has 8 heteroatoms. The fraction of sp³-hybridized carbons (Fsp3) is 0.318. The van der Waals surface area contributed by atoms with Crippen LogP contribution in [-0.2, 0) is 19.9 Å². The lowest BCUT2D eigenvalue weighted by Gasteiger charge is -2.36. The number of imide groups is 1. The molecule has 1 spiro atoms. The van der Waals surface area contributed by atoms with E-state index in [0.29, 0.717) is 33.5 Å². The monoisotopic (exact) mass is 441 g/mol. The molecule has 2 aromatic carbocycles. The van der Waals surface area contributed by atoms with Gasteiger partial charge in [-0.1, -0.05) is 35.3 Å². The number of amides is 3. The first-order valence-corrected chi connectivity index (χ1v) is 10.7. The molecule has 6 nitrogen and oxygen atoms in total. The lowest BCUT2D eigenvalue weighted by atomic mass is 9.75. The quantitative estimate of drug-likeness (QED) is 0.688. The molecule has 0 aromatic heterocycles. The van der Waals surface area contributed by atoms with E-state index in [1.807, 2.05) is 6.07 Å². The summed E-state index contributed by atoms with van der Waals surface area (Å²) in [5.41, 5.74) is 0.507. The second kappa shape index (κ2) is 6.06. The van der Waals surface area contributed by atoms with Crippen molar-refractivity contribution in [3.8, 4) is 0 Å². The highest BCUT2D eigenvalue weighted by molar-refractivity contribution is 6.35. The van der Waals surface area contributed by atoms with Crippen molar-refractivity contribution in [3.05, 3.63) is 58.1 Å². The molecule has 30 heavy (non-hydrogen) atoms. The van der Waals surface area contributed by atoms with Crippen LogP contribution in [-0.4, -0.2) is 35.2 Å². The third-order valence-electron chi connectivity index (χ3n) is 7.06. The van der Waals surface area contributed by atoms with Gasteiger partial charge in [-0.2, -0.15) is 0 Å². The molecule has 4 aliphatic rings. The molecule has 152 valence electrons. The van der Waals surface area contributed by atoms with Gasteiger partial charge in [0, 0.05) is 16.6 Å². The number of fused-ring (bicyclic) bond motifs is 7. The average molecular weight is 442 g/mol. The summed E-state index contributed by atoms with van der Waals surface area (Å²) < 4.78 is 0. The Kier molecular flexibility index (Phi) is 3.71. The minimum absolute atomic E-state index is 0.153. The summed E-state index contributed by atoms with van der Waals surface area (Å²) in [6, 6.07) is 11.8. The predicted molar refractivity (Wildman–Crippen MR) is 112 cm³/mol. The minimum atomic E-state index is -1.21. The van der Waals surface area contributed by atoms with E-state index in [-0.39, 0.29) is 23.8 Å². The second-order valence-corrected chi connectivity index (χ2v) is 9.12. The number of anilines is 2. The van der Waals surface area contributed by atoms with E-state index in [9.17, 15) is 14.4 Å². The minimum Gasteiger partial charge on any atom is -0.323 e. The van der Waals surface area contributed by atoms with Gasteiger partial charge in [-0.15, -0.1) is 0 Å². The van der Waals surface area contributed by atoms with Crippen molar-refractivity contribution >= 4 is 52.3 Å². The Bertz CT molecular complexity index is 1130. The normalized spacial score (nSPS) is 32.0. The van der Waals surface area contributed by atoms with Crippen LogP contribution < -0.4 is 10.2 Å². The van der Waals surface area contributed by atoms with E-state index in [0.717, 1.165) is 12.8 Å². The Morgan fingerprint density at radius 3 is 2.53 bits per heavy atom. The van der Waals surface area contributed by atoms with Gasteiger partial charge >= 0.3 is 0 Å². The topological polar surface area (TPSA) is 69.7 Å². The first kappa shape index (κ1) is 18.4. The fourth-order valence-electron chi connectivity index (χ4n) is 6.04. The molecular formula is C22H17Cl2N3O3. The first-order valence-electron chi connectivity index (χ1n) is 9.97. The van der Waals surface area contributed by atoms with E-state index >= 15 is 0 Å². The van der Waals surface area contributed by atoms with Crippen LogP contribution in [0.2, 0.25) is 10.0 Å². The molecule has 3 saturated heterocycles. The average Bonchev–Trinajstić information content (AvgIpc) is 3.42. The molecule has 0 bridgehead atoms. The standard InChI is InChI=1S/C22H17Cl2N3O3/c23-11-6-8-12(9-7-11)27-19(28)16-15-5-2-10-26(15)22(17(16)20(27)29)13-3-1-4-14(24)18(13)25-21(22)30/h1,3-4,6-9,15-17H,2,5,10H2,(H,25,30)/t15-,16-,17-,22-/m1/s1. The number of nitrogens with zero attached hydrogens (tertiary/aromatic N) is 2. The highest BCUT2D eigenvalue weighted by atomic mass is 35.5. The zero-order valence-corrected chi connectivity index (χ0v) is 17.3. The number of rotatable bonds is 1. The maximum absolute atomic E-state index is 13.7. The lowest BCUT2D eigenvalue weighted by molar-refractivity contribution is -0.135. The number of benzene rings is 2. The van der Waals surface area contributed by atoms with Crippen molar-refractivity contribution in [2.24, 2.45) is 11.8 Å². The van der Waals surface area contributed by atoms with Crippen LogP contribution in [0.1, 0.15) is 18.4 Å². The van der Waals surface area contributed by atoms with Crippen molar-refractivity contribution in [1.29, 1.82) is 0 Å². The van der Waals surface area contributed by atoms with Gasteiger partial charge in [0.1, 0.15) is 5.54 Å². The summed E-state index contributed by atoms with van der Waals surface area (Å²) in [5.74, 6) is -2.21. The van der Waals surface area contributed by atoms with Gasteiger partial charge in [0.15, 0.2) is 0 Å². The van der Waals surface area contributed by atoms with Gasteiger partial charge in [-0.25, -0.2) is 4.90 Å². The number of para-hydroxylation sites is 1. The summed E-state index contributed by atoms with van der Waals surface area (Å²) in [4.78, 5) is 44.1. The summed E-state index contributed by atoms with van der Waals surface area (Å²) in [6.45, 7) is 0.665. The highest BCUT2D eigenvalue weighted by Crippen LogP contribution is 2.61. The highest BCUT2D eigenvalue weighted by Gasteiger charge is 2.74. The maximum atomic E-state index is 13.7. The Labute approximate surface area is 182 Å². The Hall–Kier alpha value is -2.41. The van der Waals surface area contributed by atoms with E-state index in [2.05, 4.69) is 10.2 Å². The molecule has 4 heterocycles. The molecule has 0 aliphatic carbocycles. The molecule has 1 N–H and O–H groups in total. The van der Waals surface area contributed by atoms with Crippen molar-refractivity contribution in [1.82, 2.24) is 4.90 Å². The van der Waals surface area contributed by atoms with Crippen LogP contribution >= 0.6 is 23.2 Å². The third kappa shape index (κ3) is 2.02.